The number of rotatable bonds is 3. The number of anilines is 1. The number of hydrogen-bond acceptors (Lipinski definition) is 4. The molecule has 0 saturated carbocycles. The number of nitrogens with one attached hydrogen (secondary N) is 1. The quantitative estimate of drug-likeness (QED) is 0.881. The fourth-order valence-electron chi connectivity index (χ4n) is 1.45. The maximum Gasteiger partial charge on any atom is 0.156 e. The van der Waals surface area contributed by atoms with Crippen LogP contribution in [0.25, 0.3) is 0 Å². The average Bonchev–Trinajstić information content (AvgIpc) is 2.72. The molecule has 0 amide bonds. The number of aryl methyl sites for hydroxylation is 1. The van der Waals surface area contributed by atoms with Crippen LogP contribution in [0, 0.1) is 24.1 Å². The number of nitriles is 1. The van der Waals surface area contributed by atoms with Gasteiger partial charge < -0.3 is 9.84 Å². The molecule has 0 bridgehead atoms. The lowest BCUT2D eigenvalue weighted by Gasteiger charge is -2.04. The van der Waals surface area contributed by atoms with Crippen molar-refractivity contribution >= 4 is 5.69 Å². The second-order valence-electron chi connectivity index (χ2n) is 3.63. The predicted molar refractivity (Wildman–Crippen MR) is 59.7 cm³/mol. The first-order valence-corrected chi connectivity index (χ1v) is 5.04. The Morgan fingerprint density at radius 2 is 2.24 bits per heavy atom. The molecule has 17 heavy (non-hydrogen) atoms. The van der Waals surface area contributed by atoms with Gasteiger partial charge >= 0.3 is 0 Å². The molecule has 0 saturated heterocycles. The van der Waals surface area contributed by atoms with Crippen molar-refractivity contribution in [2.24, 2.45) is 0 Å². The van der Waals surface area contributed by atoms with Crippen molar-refractivity contribution < 1.29 is 8.91 Å². The minimum Gasteiger partial charge on any atom is -0.378 e. The molecule has 4 nitrogen and oxygen atoms in total. The molecule has 5 heteroatoms. The zero-order chi connectivity index (χ0) is 12.3. The normalized spacial score (nSPS) is 9.94. The third-order valence-electron chi connectivity index (χ3n) is 2.17. The predicted octanol–water partition coefficient (Wildman–Crippen LogP) is 2.61. The lowest BCUT2D eigenvalue weighted by atomic mass is 10.2. The SMILES string of the molecule is Cc1cc(CNc2cc(F)cc(C#N)c2)on1. The van der Waals surface area contributed by atoms with E-state index in [2.05, 4.69) is 10.5 Å². The molecule has 0 radical (unpaired) electrons. The fourth-order valence-corrected chi connectivity index (χ4v) is 1.45. The summed E-state index contributed by atoms with van der Waals surface area (Å²) in [6.45, 7) is 2.22. The highest BCUT2D eigenvalue weighted by Gasteiger charge is 2.03. The van der Waals surface area contributed by atoms with E-state index >= 15 is 0 Å². The molecular formula is C12H10FN3O. The molecule has 0 aliphatic heterocycles. The minimum absolute atomic E-state index is 0.279. The molecule has 1 heterocycles. The summed E-state index contributed by atoms with van der Waals surface area (Å²) in [5.41, 5.74) is 1.61. The Hall–Kier alpha value is -2.35. The zero-order valence-corrected chi connectivity index (χ0v) is 9.20. The summed E-state index contributed by atoms with van der Waals surface area (Å²) < 4.78 is 18.1. The van der Waals surface area contributed by atoms with Crippen LogP contribution in [-0.2, 0) is 6.54 Å². The first-order chi connectivity index (χ1) is 8.17. The van der Waals surface area contributed by atoms with Crippen LogP contribution < -0.4 is 5.32 Å². The van der Waals surface area contributed by atoms with E-state index in [0.29, 0.717) is 18.0 Å². The second-order valence-corrected chi connectivity index (χ2v) is 3.63. The third-order valence-corrected chi connectivity index (χ3v) is 2.17. The summed E-state index contributed by atoms with van der Waals surface area (Å²) in [7, 11) is 0. The van der Waals surface area contributed by atoms with Crippen molar-refractivity contribution in [2.45, 2.75) is 13.5 Å². The molecule has 0 spiro atoms. The van der Waals surface area contributed by atoms with Gasteiger partial charge in [0.1, 0.15) is 5.82 Å². The van der Waals surface area contributed by atoms with E-state index in [-0.39, 0.29) is 5.56 Å². The number of nitrogens with zero attached hydrogens (tertiary/aromatic N) is 2. The van der Waals surface area contributed by atoms with Gasteiger partial charge in [-0.2, -0.15) is 5.26 Å². The topological polar surface area (TPSA) is 61.9 Å². The standard InChI is InChI=1S/C12H10FN3O/c1-8-2-12(17-16-8)7-15-11-4-9(6-14)3-10(13)5-11/h2-5,15H,7H2,1H3. The number of hydrogen-bond donors (Lipinski definition) is 1. The molecule has 0 unspecified atom stereocenters. The second kappa shape index (κ2) is 4.66. The van der Waals surface area contributed by atoms with Crippen molar-refractivity contribution in [2.75, 3.05) is 5.32 Å². The first-order valence-electron chi connectivity index (χ1n) is 5.04. The van der Waals surface area contributed by atoms with Crippen molar-refractivity contribution in [3.05, 3.63) is 47.1 Å². The lowest BCUT2D eigenvalue weighted by molar-refractivity contribution is 0.384. The van der Waals surface area contributed by atoms with Crippen molar-refractivity contribution in [1.29, 1.82) is 5.26 Å². The highest BCUT2D eigenvalue weighted by Crippen LogP contribution is 2.14. The smallest absolute Gasteiger partial charge is 0.156 e. The summed E-state index contributed by atoms with van der Waals surface area (Å²) in [5, 5.41) is 15.4. The Morgan fingerprint density at radius 1 is 1.41 bits per heavy atom. The van der Waals surface area contributed by atoms with E-state index in [1.54, 1.807) is 12.1 Å². The molecule has 0 fully saturated rings. The summed E-state index contributed by atoms with van der Waals surface area (Å²) in [6, 6.07) is 7.77. The summed E-state index contributed by atoms with van der Waals surface area (Å²) in [4.78, 5) is 0. The maximum absolute atomic E-state index is 13.1. The Morgan fingerprint density at radius 3 is 2.88 bits per heavy atom. The molecule has 1 aromatic carbocycles. The minimum atomic E-state index is -0.444. The molecule has 1 N–H and O–H groups in total. The van der Waals surface area contributed by atoms with Crippen LogP contribution in [-0.4, -0.2) is 5.16 Å². The van der Waals surface area contributed by atoms with Gasteiger partial charge in [-0.3, -0.25) is 0 Å². The number of benzene rings is 1. The molecular weight excluding hydrogens is 221 g/mol. The Labute approximate surface area is 97.7 Å². The Kier molecular flexibility index (Phi) is 3.06. The van der Waals surface area contributed by atoms with Gasteiger partial charge in [0.25, 0.3) is 0 Å². The van der Waals surface area contributed by atoms with Gasteiger partial charge in [-0.25, -0.2) is 4.39 Å². The van der Waals surface area contributed by atoms with Gasteiger partial charge in [0.05, 0.1) is 23.9 Å². The monoisotopic (exact) mass is 231 g/mol. The highest BCUT2D eigenvalue weighted by atomic mass is 19.1. The summed E-state index contributed by atoms with van der Waals surface area (Å²) in [6.07, 6.45) is 0. The highest BCUT2D eigenvalue weighted by molar-refractivity contribution is 5.49. The molecule has 86 valence electrons. The number of halogens is 1. The zero-order valence-electron chi connectivity index (χ0n) is 9.20. The fraction of sp³-hybridized carbons (Fsp3) is 0.167. The summed E-state index contributed by atoms with van der Waals surface area (Å²) >= 11 is 0. The van der Waals surface area contributed by atoms with E-state index < -0.39 is 5.82 Å². The van der Waals surface area contributed by atoms with Crippen LogP contribution in [0.5, 0.6) is 0 Å². The third kappa shape index (κ3) is 2.82. The van der Waals surface area contributed by atoms with Crippen LogP contribution in [0.15, 0.2) is 28.8 Å². The van der Waals surface area contributed by atoms with Crippen molar-refractivity contribution in [3.8, 4) is 6.07 Å². The molecule has 0 aliphatic rings. The maximum atomic E-state index is 13.1. The number of aromatic nitrogens is 1. The van der Waals surface area contributed by atoms with Crippen LogP contribution in [0.2, 0.25) is 0 Å². The molecule has 0 aliphatic carbocycles. The van der Waals surface area contributed by atoms with Gasteiger partial charge in [0.2, 0.25) is 0 Å². The van der Waals surface area contributed by atoms with Crippen LogP contribution in [0.3, 0.4) is 0 Å². The van der Waals surface area contributed by atoms with Crippen molar-refractivity contribution in [3.63, 3.8) is 0 Å². The molecule has 2 rings (SSSR count). The average molecular weight is 231 g/mol. The van der Waals surface area contributed by atoms with Gasteiger partial charge in [-0.1, -0.05) is 5.16 Å². The van der Waals surface area contributed by atoms with E-state index in [1.807, 2.05) is 13.0 Å². The van der Waals surface area contributed by atoms with Crippen molar-refractivity contribution in [1.82, 2.24) is 5.16 Å². The van der Waals surface area contributed by atoms with Gasteiger partial charge in [-0.05, 0) is 25.1 Å². The Balaban J connectivity index is 2.09. The largest absolute Gasteiger partial charge is 0.378 e. The van der Waals surface area contributed by atoms with Gasteiger partial charge in [0, 0.05) is 11.8 Å². The molecule has 0 atom stereocenters. The van der Waals surface area contributed by atoms with Crippen LogP contribution in [0.1, 0.15) is 17.0 Å². The van der Waals surface area contributed by atoms with E-state index in [1.165, 1.54) is 12.1 Å². The lowest BCUT2D eigenvalue weighted by Crippen LogP contribution is -1.99. The molecule has 2 aromatic rings. The van der Waals surface area contributed by atoms with E-state index in [9.17, 15) is 4.39 Å². The van der Waals surface area contributed by atoms with Crippen LogP contribution >= 0.6 is 0 Å². The summed E-state index contributed by atoms with van der Waals surface area (Å²) in [5.74, 6) is 0.213. The molecule has 1 aromatic heterocycles. The van der Waals surface area contributed by atoms with Gasteiger partial charge in [-0.15, -0.1) is 0 Å². The van der Waals surface area contributed by atoms with Gasteiger partial charge in [0.15, 0.2) is 5.76 Å². The van der Waals surface area contributed by atoms with E-state index in [4.69, 9.17) is 9.78 Å². The van der Waals surface area contributed by atoms with E-state index in [0.717, 1.165) is 5.69 Å². The first kappa shape index (κ1) is 11.1. The van der Waals surface area contributed by atoms with Crippen LogP contribution in [0.4, 0.5) is 10.1 Å². The Bertz CT molecular complexity index is 571.